The van der Waals surface area contributed by atoms with Crippen molar-refractivity contribution in [3.8, 4) is 16.6 Å². The van der Waals surface area contributed by atoms with E-state index in [2.05, 4.69) is 15.4 Å². The minimum absolute atomic E-state index is 0.122. The van der Waals surface area contributed by atoms with Gasteiger partial charge in [0.1, 0.15) is 17.3 Å². The fraction of sp³-hybridized carbons (Fsp3) is 0.227. The molecule has 2 aromatic heterocycles. The van der Waals surface area contributed by atoms with Crippen LogP contribution in [0.2, 0.25) is 0 Å². The summed E-state index contributed by atoms with van der Waals surface area (Å²) in [6.07, 6.45) is 0.258. The van der Waals surface area contributed by atoms with Gasteiger partial charge in [0.05, 0.1) is 36.0 Å². The number of methoxy groups -OCH3 is 1. The van der Waals surface area contributed by atoms with E-state index in [0.29, 0.717) is 17.6 Å². The van der Waals surface area contributed by atoms with Crippen LogP contribution in [0.25, 0.3) is 15.3 Å². The number of anilines is 1. The first kappa shape index (κ1) is 19.9. The van der Waals surface area contributed by atoms with Gasteiger partial charge in [0.2, 0.25) is 11.0 Å². The number of hydrogen-bond donors (Lipinski definition) is 1. The van der Waals surface area contributed by atoms with Crippen molar-refractivity contribution in [2.24, 2.45) is 0 Å². The number of carbonyl (C=O) groups excluding carboxylic acids is 1. The number of aryl methyl sites for hydroxylation is 1. The molecule has 0 saturated carbocycles. The maximum absolute atomic E-state index is 12.6. The molecule has 0 aliphatic rings. The Hall–Kier alpha value is -3.39. The lowest BCUT2D eigenvalue weighted by Crippen LogP contribution is -2.17. The number of amides is 1. The van der Waals surface area contributed by atoms with Crippen molar-refractivity contribution in [2.75, 3.05) is 19.0 Å². The lowest BCUT2D eigenvalue weighted by Gasteiger charge is -2.07. The summed E-state index contributed by atoms with van der Waals surface area (Å²) >= 11 is 1.50. The third-order valence-corrected chi connectivity index (χ3v) is 5.47. The van der Waals surface area contributed by atoms with Gasteiger partial charge >= 0.3 is 0 Å². The van der Waals surface area contributed by atoms with E-state index in [1.807, 2.05) is 62.4 Å². The number of ether oxygens (including phenoxy) is 2. The Morgan fingerprint density at radius 2 is 1.90 bits per heavy atom. The second kappa shape index (κ2) is 8.54. The molecule has 1 amide bonds. The molecule has 0 aliphatic heterocycles. The zero-order valence-corrected chi connectivity index (χ0v) is 17.8. The van der Waals surface area contributed by atoms with Crippen molar-refractivity contribution in [3.63, 3.8) is 0 Å². The summed E-state index contributed by atoms with van der Waals surface area (Å²) in [5.41, 5.74) is 2.53. The normalized spacial score (nSPS) is 10.9. The third-order valence-electron chi connectivity index (χ3n) is 4.46. The number of fused-ring (bicyclic) bond motifs is 1. The van der Waals surface area contributed by atoms with Crippen LogP contribution in [0.1, 0.15) is 18.2 Å². The summed E-state index contributed by atoms with van der Waals surface area (Å²) in [5.74, 6) is 2.01. The van der Waals surface area contributed by atoms with Crippen molar-refractivity contribution in [2.45, 2.75) is 20.3 Å². The minimum atomic E-state index is -0.122. The highest BCUT2D eigenvalue weighted by Gasteiger charge is 2.15. The Balaban J connectivity index is 1.53. The molecule has 0 atom stereocenters. The van der Waals surface area contributed by atoms with E-state index in [1.165, 1.54) is 11.3 Å². The predicted molar refractivity (Wildman–Crippen MR) is 118 cm³/mol. The van der Waals surface area contributed by atoms with Crippen molar-refractivity contribution in [1.29, 1.82) is 0 Å². The average molecular weight is 423 g/mol. The Labute approximate surface area is 178 Å². The van der Waals surface area contributed by atoms with Crippen LogP contribution in [0.3, 0.4) is 0 Å². The largest absolute Gasteiger partial charge is 0.497 e. The lowest BCUT2D eigenvalue weighted by molar-refractivity contribution is -0.115. The number of carbonyl (C=O) groups is 1. The van der Waals surface area contributed by atoms with Gasteiger partial charge in [-0.25, -0.2) is 4.98 Å². The Kier molecular flexibility index (Phi) is 5.67. The van der Waals surface area contributed by atoms with E-state index in [4.69, 9.17) is 9.47 Å². The van der Waals surface area contributed by atoms with Crippen molar-refractivity contribution in [1.82, 2.24) is 14.8 Å². The molecule has 0 aliphatic carbocycles. The van der Waals surface area contributed by atoms with Crippen LogP contribution in [0.15, 0.2) is 48.5 Å². The summed E-state index contributed by atoms with van der Waals surface area (Å²) in [6.45, 7) is 4.44. The molecule has 2 aromatic carbocycles. The van der Waals surface area contributed by atoms with Crippen LogP contribution >= 0.6 is 11.3 Å². The number of nitrogens with one attached hydrogen (secondary N) is 1. The van der Waals surface area contributed by atoms with Gasteiger partial charge in [-0.1, -0.05) is 23.5 Å². The van der Waals surface area contributed by atoms with Crippen molar-refractivity contribution >= 4 is 33.3 Å². The molecule has 4 aromatic rings. The first-order chi connectivity index (χ1) is 14.6. The summed E-state index contributed by atoms with van der Waals surface area (Å²) in [6, 6.07) is 15.1. The molecular weight excluding hydrogens is 400 g/mol. The first-order valence-corrected chi connectivity index (χ1v) is 10.4. The highest BCUT2D eigenvalue weighted by molar-refractivity contribution is 7.20. The fourth-order valence-corrected chi connectivity index (χ4v) is 4.00. The highest BCUT2D eigenvalue weighted by atomic mass is 32.1. The number of rotatable bonds is 7. The Morgan fingerprint density at radius 1 is 1.13 bits per heavy atom. The van der Waals surface area contributed by atoms with E-state index < -0.39 is 0 Å². The van der Waals surface area contributed by atoms with Crippen LogP contribution < -0.4 is 14.8 Å². The second-order valence-corrected chi connectivity index (χ2v) is 7.72. The zero-order valence-electron chi connectivity index (χ0n) is 17.0. The van der Waals surface area contributed by atoms with E-state index in [1.54, 1.807) is 11.8 Å². The third kappa shape index (κ3) is 4.28. The van der Waals surface area contributed by atoms with Gasteiger partial charge in [0, 0.05) is 12.1 Å². The maximum atomic E-state index is 12.6. The summed E-state index contributed by atoms with van der Waals surface area (Å²) in [5, 5.41) is 8.15. The molecule has 0 unspecified atom stereocenters. The maximum Gasteiger partial charge on any atom is 0.229 e. The summed E-state index contributed by atoms with van der Waals surface area (Å²) < 4.78 is 13.4. The van der Waals surface area contributed by atoms with Crippen LogP contribution in [-0.4, -0.2) is 34.4 Å². The zero-order chi connectivity index (χ0) is 21.1. The topological polar surface area (TPSA) is 78.3 Å². The number of thiazole rings is 1. The highest BCUT2D eigenvalue weighted by Crippen LogP contribution is 2.29. The van der Waals surface area contributed by atoms with E-state index in [9.17, 15) is 4.79 Å². The van der Waals surface area contributed by atoms with Gasteiger partial charge in [0.15, 0.2) is 0 Å². The SMILES string of the molecule is CCOc1ccc(CC(=O)Nc2cc(C)nn2-c2nc3cc(OC)ccc3s2)cc1. The molecule has 2 heterocycles. The molecule has 7 nitrogen and oxygen atoms in total. The predicted octanol–water partition coefficient (Wildman–Crippen LogP) is 4.38. The van der Waals surface area contributed by atoms with Crippen molar-refractivity contribution in [3.05, 3.63) is 59.8 Å². The fourth-order valence-electron chi connectivity index (χ4n) is 3.09. The van der Waals surface area contributed by atoms with E-state index in [0.717, 1.165) is 33.0 Å². The Bertz CT molecular complexity index is 1180. The number of aromatic nitrogens is 3. The number of hydrogen-bond acceptors (Lipinski definition) is 6. The standard InChI is InChI=1S/C22H22N4O3S/c1-4-29-16-7-5-15(6-8-16)12-21(27)24-20-11-14(2)25-26(20)22-23-18-13-17(28-3)9-10-19(18)30-22/h5-11,13H,4,12H2,1-3H3,(H,24,27). The van der Waals surface area contributed by atoms with Gasteiger partial charge in [-0.15, -0.1) is 0 Å². The minimum Gasteiger partial charge on any atom is -0.497 e. The molecule has 4 rings (SSSR count). The quantitative estimate of drug-likeness (QED) is 0.478. The van der Waals surface area contributed by atoms with Crippen LogP contribution in [0, 0.1) is 6.92 Å². The van der Waals surface area contributed by atoms with Crippen LogP contribution in [0.5, 0.6) is 11.5 Å². The molecule has 30 heavy (non-hydrogen) atoms. The molecule has 8 heteroatoms. The van der Waals surface area contributed by atoms with Gasteiger partial charge in [0.25, 0.3) is 0 Å². The Morgan fingerprint density at radius 3 is 2.63 bits per heavy atom. The number of benzene rings is 2. The van der Waals surface area contributed by atoms with Gasteiger partial charge in [-0.05, 0) is 43.7 Å². The molecule has 0 radical (unpaired) electrons. The van der Waals surface area contributed by atoms with E-state index in [-0.39, 0.29) is 12.3 Å². The molecule has 0 saturated heterocycles. The number of nitrogens with zero attached hydrogens (tertiary/aromatic N) is 3. The molecule has 0 spiro atoms. The van der Waals surface area contributed by atoms with Gasteiger partial charge in [-0.2, -0.15) is 9.78 Å². The monoisotopic (exact) mass is 422 g/mol. The van der Waals surface area contributed by atoms with Crippen LogP contribution in [-0.2, 0) is 11.2 Å². The smallest absolute Gasteiger partial charge is 0.229 e. The van der Waals surface area contributed by atoms with Gasteiger partial charge in [-0.3, -0.25) is 4.79 Å². The molecule has 0 fully saturated rings. The molecule has 0 bridgehead atoms. The van der Waals surface area contributed by atoms with Gasteiger partial charge < -0.3 is 14.8 Å². The average Bonchev–Trinajstić information content (AvgIpc) is 3.31. The summed E-state index contributed by atoms with van der Waals surface area (Å²) in [4.78, 5) is 17.3. The first-order valence-electron chi connectivity index (χ1n) is 9.59. The molecule has 1 N–H and O–H groups in total. The van der Waals surface area contributed by atoms with Crippen molar-refractivity contribution < 1.29 is 14.3 Å². The molecular formula is C22H22N4O3S. The lowest BCUT2D eigenvalue weighted by atomic mass is 10.1. The van der Waals surface area contributed by atoms with Crippen LogP contribution in [0.4, 0.5) is 5.82 Å². The summed E-state index contributed by atoms with van der Waals surface area (Å²) in [7, 11) is 1.63. The second-order valence-electron chi connectivity index (χ2n) is 6.71. The van der Waals surface area contributed by atoms with E-state index >= 15 is 0 Å². The molecule has 154 valence electrons.